The summed E-state index contributed by atoms with van der Waals surface area (Å²) < 4.78 is 0. The zero-order chi connectivity index (χ0) is 20.6. The van der Waals surface area contributed by atoms with Crippen LogP contribution in [0.1, 0.15) is 48.9 Å². The monoisotopic (exact) mass is 381 g/mol. The van der Waals surface area contributed by atoms with Crippen LogP contribution >= 0.6 is 0 Å². The molecule has 0 bridgehead atoms. The number of rotatable bonds is 5. The Bertz CT molecular complexity index is 953. The van der Waals surface area contributed by atoms with E-state index >= 15 is 0 Å². The van der Waals surface area contributed by atoms with Crippen LogP contribution in [-0.2, 0) is 16.9 Å². The summed E-state index contributed by atoms with van der Waals surface area (Å²) in [6, 6.07) is 11.8. The van der Waals surface area contributed by atoms with Gasteiger partial charge < -0.3 is 5.32 Å². The second-order valence-electron chi connectivity index (χ2n) is 7.54. The van der Waals surface area contributed by atoms with Crippen molar-refractivity contribution in [2.75, 3.05) is 0 Å². The van der Waals surface area contributed by atoms with E-state index in [4.69, 9.17) is 0 Å². The summed E-state index contributed by atoms with van der Waals surface area (Å²) >= 11 is 0. The fourth-order valence-corrected chi connectivity index (χ4v) is 3.45. The van der Waals surface area contributed by atoms with Crippen LogP contribution < -0.4 is 5.32 Å². The number of benzene rings is 2. The highest BCUT2D eigenvalue weighted by Crippen LogP contribution is 2.32. The molecule has 0 saturated carbocycles. The summed E-state index contributed by atoms with van der Waals surface area (Å²) in [5, 5.41) is 13.9. The first kappa shape index (κ1) is 19.5. The smallest absolute Gasteiger partial charge is 0.319 e. The number of nitro benzene ring substituents is 1. The molecule has 7 heteroatoms. The molecule has 146 valence electrons. The van der Waals surface area contributed by atoms with E-state index in [1.165, 1.54) is 6.07 Å². The molecule has 0 aliphatic carbocycles. The average Bonchev–Trinajstić information content (AvgIpc) is 2.87. The molecule has 1 atom stereocenters. The summed E-state index contributed by atoms with van der Waals surface area (Å²) in [7, 11) is 0. The maximum Gasteiger partial charge on any atom is 0.325 e. The molecule has 1 unspecified atom stereocenters. The molecular formula is C21H23N3O4. The fraction of sp³-hybridized carbons (Fsp3) is 0.333. The van der Waals surface area contributed by atoms with Crippen molar-refractivity contribution in [1.82, 2.24) is 10.2 Å². The van der Waals surface area contributed by atoms with Gasteiger partial charge in [-0.1, -0.05) is 50.2 Å². The van der Waals surface area contributed by atoms with Crippen molar-refractivity contribution in [1.29, 1.82) is 0 Å². The quantitative estimate of drug-likeness (QED) is 0.481. The number of urea groups is 1. The van der Waals surface area contributed by atoms with Gasteiger partial charge in [-0.2, -0.15) is 0 Å². The van der Waals surface area contributed by atoms with Crippen LogP contribution in [0, 0.1) is 17.0 Å². The molecule has 2 aromatic carbocycles. The Kier molecular flexibility index (Phi) is 4.93. The molecule has 1 saturated heterocycles. The number of imide groups is 1. The molecule has 1 aliphatic rings. The molecule has 1 N–H and O–H groups in total. The number of nitrogens with one attached hydrogen (secondary N) is 1. The maximum atomic E-state index is 13.1. The fourth-order valence-electron chi connectivity index (χ4n) is 3.45. The van der Waals surface area contributed by atoms with Crippen LogP contribution in [0.2, 0.25) is 0 Å². The van der Waals surface area contributed by atoms with Crippen molar-refractivity contribution in [2.45, 2.75) is 45.7 Å². The van der Waals surface area contributed by atoms with E-state index in [0.717, 1.165) is 10.5 Å². The summed E-state index contributed by atoms with van der Waals surface area (Å²) in [6.07, 6.45) is 0. The average molecular weight is 381 g/mol. The SMILES string of the molecule is Cc1c(CN2C(=O)NC(C)(c3ccc(C(C)C)cc3)C2=O)cccc1[N+](=O)[O-]. The third-order valence-electron chi connectivity index (χ3n) is 5.37. The summed E-state index contributed by atoms with van der Waals surface area (Å²) in [4.78, 5) is 37.4. The van der Waals surface area contributed by atoms with Crippen LogP contribution in [0.5, 0.6) is 0 Å². The molecule has 0 spiro atoms. The largest absolute Gasteiger partial charge is 0.325 e. The Hall–Kier alpha value is -3.22. The normalized spacial score (nSPS) is 19.2. The van der Waals surface area contributed by atoms with Gasteiger partial charge in [0.15, 0.2) is 0 Å². The molecule has 1 aliphatic heterocycles. The van der Waals surface area contributed by atoms with Crippen molar-refractivity contribution < 1.29 is 14.5 Å². The number of amides is 3. The summed E-state index contributed by atoms with van der Waals surface area (Å²) in [5.74, 6) is -0.00947. The number of hydrogen-bond donors (Lipinski definition) is 1. The minimum Gasteiger partial charge on any atom is -0.319 e. The number of carbonyl (C=O) groups is 2. The molecule has 0 aromatic heterocycles. The molecule has 1 heterocycles. The Morgan fingerprint density at radius 1 is 1.14 bits per heavy atom. The molecule has 2 aromatic rings. The van der Waals surface area contributed by atoms with Gasteiger partial charge in [-0.15, -0.1) is 0 Å². The predicted octanol–water partition coefficient (Wildman–Crippen LogP) is 3.99. The lowest BCUT2D eigenvalue weighted by Crippen LogP contribution is -2.40. The first-order chi connectivity index (χ1) is 13.1. The zero-order valence-corrected chi connectivity index (χ0v) is 16.4. The Balaban J connectivity index is 1.90. The first-order valence-electron chi connectivity index (χ1n) is 9.12. The third-order valence-corrected chi connectivity index (χ3v) is 5.37. The molecule has 3 rings (SSSR count). The zero-order valence-electron chi connectivity index (χ0n) is 16.4. The van der Waals surface area contributed by atoms with Crippen LogP contribution in [0.3, 0.4) is 0 Å². The third kappa shape index (κ3) is 3.24. The predicted molar refractivity (Wildman–Crippen MR) is 105 cm³/mol. The van der Waals surface area contributed by atoms with E-state index in [-0.39, 0.29) is 18.1 Å². The number of nitro groups is 1. The van der Waals surface area contributed by atoms with E-state index in [1.807, 2.05) is 24.3 Å². The van der Waals surface area contributed by atoms with Crippen molar-refractivity contribution in [3.63, 3.8) is 0 Å². The number of carbonyl (C=O) groups excluding carboxylic acids is 2. The van der Waals surface area contributed by atoms with E-state index in [2.05, 4.69) is 19.2 Å². The molecule has 28 heavy (non-hydrogen) atoms. The highest BCUT2D eigenvalue weighted by Gasteiger charge is 2.49. The highest BCUT2D eigenvalue weighted by atomic mass is 16.6. The van der Waals surface area contributed by atoms with E-state index in [9.17, 15) is 19.7 Å². The van der Waals surface area contributed by atoms with E-state index in [0.29, 0.717) is 22.6 Å². The van der Waals surface area contributed by atoms with Gasteiger partial charge >= 0.3 is 6.03 Å². The molecular weight excluding hydrogens is 358 g/mol. The van der Waals surface area contributed by atoms with Crippen LogP contribution in [0.4, 0.5) is 10.5 Å². The molecule has 0 radical (unpaired) electrons. The Labute approximate surface area is 163 Å². The van der Waals surface area contributed by atoms with E-state index < -0.39 is 16.5 Å². The lowest BCUT2D eigenvalue weighted by molar-refractivity contribution is -0.385. The molecule has 3 amide bonds. The van der Waals surface area contributed by atoms with Gasteiger partial charge in [0.25, 0.3) is 11.6 Å². The Morgan fingerprint density at radius 2 is 1.79 bits per heavy atom. The van der Waals surface area contributed by atoms with Crippen molar-refractivity contribution >= 4 is 17.6 Å². The van der Waals surface area contributed by atoms with Crippen LogP contribution in [0.15, 0.2) is 42.5 Å². The van der Waals surface area contributed by atoms with Gasteiger partial charge in [-0.05, 0) is 36.5 Å². The molecule has 7 nitrogen and oxygen atoms in total. The second-order valence-corrected chi connectivity index (χ2v) is 7.54. The van der Waals surface area contributed by atoms with Gasteiger partial charge in [-0.25, -0.2) is 4.79 Å². The van der Waals surface area contributed by atoms with Crippen LogP contribution in [-0.4, -0.2) is 21.8 Å². The van der Waals surface area contributed by atoms with Crippen molar-refractivity contribution in [3.05, 3.63) is 74.8 Å². The van der Waals surface area contributed by atoms with E-state index in [1.54, 1.807) is 26.0 Å². The van der Waals surface area contributed by atoms with Gasteiger partial charge in [0.05, 0.1) is 11.5 Å². The lowest BCUT2D eigenvalue weighted by atomic mass is 9.90. The topological polar surface area (TPSA) is 92.6 Å². The Morgan fingerprint density at radius 3 is 2.36 bits per heavy atom. The van der Waals surface area contributed by atoms with Crippen molar-refractivity contribution in [3.8, 4) is 0 Å². The first-order valence-corrected chi connectivity index (χ1v) is 9.12. The molecule has 1 fully saturated rings. The summed E-state index contributed by atoms with van der Waals surface area (Å²) in [6.45, 7) is 7.45. The number of nitrogens with zero attached hydrogens (tertiary/aromatic N) is 2. The van der Waals surface area contributed by atoms with Crippen LogP contribution in [0.25, 0.3) is 0 Å². The van der Waals surface area contributed by atoms with Gasteiger partial charge in [0.2, 0.25) is 0 Å². The van der Waals surface area contributed by atoms with Gasteiger partial charge in [0.1, 0.15) is 5.54 Å². The van der Waals surface area contributed by atoms with Crippen molar-refractivity contribution in [2.24, 2.45) is 0 Å². The summed E-state index contributed by atoms with van der Waals surface area (Å²) in [5.41, 5.74) is 1.67. The maximum absolute atomic E-state index is 13.1. The van der Waals surface area contributed by atoms with Gasteiger partial charge in [-0.3, -0.25) is 19.8 Å². The lowest BCUT2D eigenvalue weighted by Gasteiger charge is -2.23. The minimum absolute atomic E-state index is 0.0160. The van der Waals surface area contributed by atoms with Gasteiger partial charge in [0, 0.05) is 11.6 Å². The highest BCUT2D eigenvalue weighted by molar-refractivity contribution is 6.07. The number of hydrogen-bond acceptors (Lipinski definition) is 4. The minimum atomic E-state index is -1.17. The second kappa shape index (κ2) is 7.07. The standard InChI is InChI=1S/C21H23N3O4/c1-13(2)15-8-10-17(11-9-15)21(4)19(25)23(20(26)22-21)12-16-6-5-7-18(14(16)3)24(27)28/h5-11,13H,12H2,1-4H3,(H,22,26).